The number of nitrogens with two attached hydrogens (primary N) is 1. The zero-order valence-corrected chi connectivity index (χ0v) is 12.4. The molecule has 2 heterocycles. The molecule has 21 heavy (non-hydrogen) atoms. The number of nitrogens with zero attached hydrogens (tertiary/aromatic N) is 3. The van der Waals surface area contributed by atoms with Gasteiger partial charge in [0.25, 0.3) is 0 Å². The minimum atomic E-state index is -0.0305. The van der Waals surface area contributed by atoms with Crippen molar-refractivity contribution >= 4 is 11.0 Å². The first-order valence-electron chi connectivity index (χ1n) is 7.33. The van der Waals surface area contributed by atoms with Crippen molar-refractivity contribution in [1.82, 2.24) is 14.5 Å². The molecular formula is C17H20N4. The summed E-state index contributed by atoms with van der Waals surface area (Å²) in [4.78, 5) is 8.99. The van der Waals surface area contributed by atoms with Crippen molar-refractivity contribution in [3.63, 3.8) is 0 Å². The molecule has 0 saturated heterocycles. The van der Waals surface area contributed by atoms with Crippen LogP contribution in [0.3, 0.4) is 0 Å². The summed E-state index contributed by atoms with van der Waals surface area (Å²) in [5.41, 5.74) is 9.56. The predicted octanol–water partition coefficient (Wildman–Crippen LogP) is 2.93. The number of benzene rings is 1. The van der Waals surface area contributed by atoms with Crippen LogP contribution in [-0.4, -0.2) is 20.6 Å². The fourth-order valence-electron chi connectivity index (χ4n) is 2.89. The third-order valence-electron chi connectivity index (χ3n) is 3.79. The number of rotatable bonds is 4. The number of para-hydroxylation sites is 2. The Balaban J connectivity index is 2.25. The highest BCUT2D eigenvalue weighted by molar-refractivity contribution is 5.76. The lowest BCUT2D eigenvalue weighted by Gasteiger charge is -2.25. The van der Waals surface area contributed by atoms with Crippen molar-refractivity contribution in [2.45, 2.75) is 32.4 Å². The lowest BCUT2D eigenvalue weighted by Crippen LogP contribution is -2.31. The Hall–Kier alpha value is -2.20. The van der Waals surface area contributed by atoms with E-state index in [9.17, 15) is 0 Å². The summed E-state index contributed by atoms with van der Waals surface area (Å²) in [5, 5.41) is 0. The molecule has 0 fully saturated rings. The van der Waals surface area contributed by atoms with Gasteiger partial charge < -0.3 is 10.3 Å². The van der Waals surface area contributed by atoms with Crippen LogP contribution in [0.1, 0.15) is 31.3 Å². The Morgan fingerprint density at radius 1 is 1.19 bits per heavy atom. The number of aromatic nitrogens is 3. The van der Waals surface area contributed by atoms with Gasteiger partial charge in [-0.25, -0.2) is 4.98 Å². The quantitative estimate of drug-likeness (QED) is 0.799. The number of pyridine rings is 1. The largest absolute Gasteiger partial charge is 0.326 e. The van der Waals surface area contributed by atoms with E-state index in [1.165, 1.54) is 0 Å². The molecule has 0 aliphatic heterocycles. The molecule has 2 aromatic heterocycles. The Kier molecular flexibility index (Phi) is 3.71. The van der Waals surface area contributed by atoms with E-state index >= 15 is 0 Å². The maximum Gasteiger partial charge on any atom is 0.110 e. The second-order valence-corrected chi connectivity index (χ2v) is 5.33. The smallest absolute Gasteiger partial charge is 0.110 e. The molecule has 0 aliphatic rings. The number of hydrogen-bond acceptors (Lipinski definition) is 3. The Labute approximate surface area is 124 Å². The van der Waals surface area contributed by atoms with E-state index in [2.05, 4.69) is 28.6 Å². The first kappa shape index (κ1) is 13.8. The SMILES string of the molecule is CCc1nc2ccccc2n1C(c1cccnc1)C(C)N. The van der Waals surface area contributed by atoms with Crippen LogP contribution in [0, 0.1) is 0 Å². The van der Waals surface area contributed by atoms with Crippen LogP contribution in [0.4, 0.5) is 0 Å². The van der Waals surface area contributed by atoms with Gasteiger partial charge in [-0.1, -0.05) is 25.1 Å². The van der Waals surface area contributed by atoms with Crippen molar-refractivity contribution in [3.8, 4) is 0 Å². The maximum atomic E-state index is 6.30. The Morgan fingerprint density at radius 3 is 2.67 bits per heavy atom. The van der Waals surface area contributed by atoms with E-state index in [1.54, 1.807) is 6.20 Å². The van der Waals surface area contributed by atoms with Gasteiger partial charge in [0.2, 0.25) is 0 Å². The third-order valence-corrected chi connectivity index (χ3v) is 3.79. The molecule has 4 nitrogen and oxygen atoms in total. The van der Waals surface area contributed by atoms with Gasteiger partial charge in [-0.15, -0.1) is 0 Å². The van der Waals surface area contributed by atoms with Crippen molar-refractivity contribution in [3.05, 3.63) is 60.2 Å². The highest BCUT2D eigenvalue weighted by atomic mass is 15.1. The number of fused-ring (bicyclic) bond motifs is 1. The normalized spacial score (nSPS) is 14.2. The zero-order chi connectivity index (χ0) is 14.8. The molecule has 108 valence electrons. The molecule has 2 atom stereocenters. The van der Waals surface area contributed by atoms with Crippen LogP contribution >= 0.6 is 0 Å². The van der Waals surface area contributed by atoms with Crippen molar-refractivity contribution in [2.24, 2.45) is 5.73 Å². The summed E-state index contributed by atoms with van der Waals surface area (Å²) < 4.78 is 2.26. The van der Waals surface area contributed by atoms with E-state index in [0.717, 1.165) is 28.8 Å². The monoisotopic (exact) mass is 280 g/mol. The lowest BCUT2D eigenvalue weighted by atomic mass is 10.0. The fraction of sp³-hybridized carbons (Fsp3) is 0.294. The second-order valence-electron chi connectivity index (χ2n) is 5.33. The highest BCUT2D eigenvalue weighted by Gasteiger charge is 2.23. The van der Waals surface area contributed by atoms with Crippen molar-refractivity contribution < 1.29 is 0 Å². The Bertz CT molecular complexity index is 731. The summed E-state index contributed by atoms with van der Waals surface area (Å²) in [6.45, 7) is 4.16. The molecule has 3 aromatic rings. The summed E-state index contributed by atoms with van der Waals surface area (Å²) in [6.07, 6.45) is 4.55. The maximum absolute atomic E-state index is 6.30. The number of imidazole rings is 1. The molecule has 2 unspecified atom stereocenters. The topological polar surface area (TPSA) is 56.7 Å². The average molecular weight is 280 g/mol. The van der Waals surface area contributed by atoms with Crippen LogP contribution in [0.15, 0.2) is 48.8 Å². The van der Waals surface area contributed by atoms with Gasteiger partial charge in [-0.2, -0.15) is 0 Å². The van der Waals surface area contributed by atoms with Crippen LogP contribution < -0.4 is 5.73 Å². The highest BCUT2D eigenvalue weighted by Crippen LogP contribution is 2.28. The molecule has 0 radical (unpaired) electrons. The molecular weight excluding hydrogens is 260 g/mol. The molecule has 0 amide bonds. The lowest BCUT2D eigenvalue weighted by molar-refractivity contribution is 0.491. The van der Waals surface area contributed by atoms with Gasteiger partial charge in [-0.3, -0.25) is 4.98 Å². The minimum Gasteiger partial charge on any atom is -0.326 e. The first-order chi connectivity index (χ1) is 10.2. The molecule has 0 bridgehead atoms. The van der Waals surface area contributed by atoms with Crippen LogP contribution in [0.25, 0.3) is 11.0 Å². The van der Waals surface area contributed by atoms with E-state index in [4.69, 9.17) is 10.7 Å². The van der Waals surface area contributed by atoms with Gasteiger partial charge in [0.15, 0.2) is 0 Å². The van der Waals surface area contributed by atoms with Crippen molar-refractivity contribution in [1.29, 1.82) is 0 Å². The van der Waals surface area contributed by atoms with E-state index in [1.807, 2.05) is 37.4 Å². The molecule has 1 aromatic carbocycles. The number of aryl methyl sites for hydroxylation is 1. The first-order valence-corrected chi connectivity index (χ1v) is 7.33. The molecule has 3 rings (SSSR count). The Morgan fingerprint density at radius 2 is 2.00 bits per heavy atom. The average Bonchev–Trinajstić information content (AvgIpc) is 2.87. The molecule has 0 aliphatic carbocycles. The van der Waals surface area contributed by atoms with Gasteiger partial charge in [0, 0.05) is 24.9 Å². The fourth-order valence-corrected chi connectivity index (χ4v) is 2.89. The van der Waals surface area contributed by atoms with Gasteiger partial charge >= 0.3 is 0 Å². The molecule has 0 saturated carbocycles. The van der Waals surface area contributed by atoms with Gasteiger partial charge in [-0.05, 0) is 30.7 Å². The van der Waals surface area contributed by atoms with Crippen molar-refractivity contribution in [2.75, 3.05) is 0 Å². The molecule has 0 spiro atoms. The second kappa shape index (κ2) is 5.66. The van der Waals surface area contributed by atoms with E-state index in [-0.39, 0.29) is 12.1 Å². The van der Waals surface area contributed by atoms with Crippen LogP contribution in [-0.2, 0) is 6.42 Å². The van der Waals surface area contributed by atoms with Gasteiger partial charge in [0.1, 0.15) is 5.82 Å². The summed E-state index contributed by atoms with van der Waals surface area (Å²) in [7, 11) is 0. The van der Waals surface area contributed by atoms with Gasteiger partial charge in [0.05, 0.1) is 17.1 Å². The van der Waals surface area contributed by atoms with E-state index < -0.39 is 0 Å². The number of hydrogen-bond donors (Lipinski definition) is 1. The molecule has 2 N–H and O–H groups in total. The standard InChI is InChI=1S/C17H20N4/c1-3-16-20-14-8-4-5-9-15(14)21(16)17(12(2)18)13-7-6-10-19-11-13/h4-12,17H,3,18H2,1-2H3. The summed E-state index contributed by atoms with van der Waals surface area (Å²) in [6, 6.07) is 12.3. The zero-order valence-electron chi connectivity index (χ0n) is 12.4. The van der Waals surface area contributed by atoms with Crippen LogP contribution in [0.2, 0.25) is 0 Å². The van der Waals surface area contributed by atoms with E-state index in [0.29, 0.717) is 0 Å². The predicted molar refractivity (Wildman–Crippen MR) is 85.1 cm³/mol. The molecule has 4 heteroatoms. The van der Waals surface area contributed by atoms with Crippen LogP contribution in [0.5, 0.6) is 0 Å². The summed E-state index contributed by atoms with van der Waals surface area (Å²) in [5.74, 6) is 1.06. The minimum absolute atomic E-state index is 0.0305. The summed E-state index contributed by atoms with van der Waals surface area (Å²) >= 11 is 0. The third kappa shape index (κ3) is 2.43.